The molecular formula is C69H75Cl3N18. The Morgan fingerprint density at radius 3 is 0.944 bits per heavy atom. The van der Waals surface area contributed by atoms with Gasteiger partial charge in [-0.15, -0.1) is 0 Å². The van der Waals surface area contributed by atoms with Crippen LogP contribution in [0.2, 0.25) is 15.1 Å². The number of nitrogens with two attached hydrogens (primary N) is 3. The summed E-state index contributed by atoms with van der Waals surface area (Å²) < 4.78 is 5.91. The molecule has 6 aromatic heterocycles. The molecule has 0 amide bonds. The lowest BCUT2D eigenvalue weighted by Gasteiger charge is -2.36. The van der Waals surface area contributed by atoms with Crippen LogP contribution < -0.4 is 33.2 Å². The number of imidazole rings is 3. The third-order valence-corrected chi connectivity index (χ3v) is 19.0. The molecular weight excluding hydrogens is 1190 g/mol. The summed E-state index contributed by atoms with van der Waals surface area (Å²) in [7, 11) is 5.91. The van der Waals surface area contributed by atoms with Crippen LogP contribution in [0.15, 0.2) is 147 Å². The van der Waals surface area contributed by atoms with Crippen LogP contribution in [-0.2, 0) is 21.1 Å². The molecule has 9 heterocycles. The molecule has 18 nitrogen and oxygen atoms in total. The lowest BCUT2D eigenvalue weighted by atomic mass is 9.90. The Morgan fingerprint density at radius 2 is 0.689 bits per heavy atom. The maximum atomic E-state index is 6.81. The molecule has 3 saturated heterocycles. The highest BCUT2D eigenvalue weighted by atomic mass is 35.5. The first-order chi connectivity index (χ1) is 43.9. The van der Waals surface area contributed by atoms with Gasteiger partial charge in [-0.3, -0.25) is 29.7 Å². The van der Waals surface area contributed by atoms with Gasteiger partial charge in [0, 0.05) is 133 Å². The summed E-state index contributed by atoms with van der Waals surface area (Å²) in [5.41, 5.74) is 39.7. The van der Waals surface area contributed by atoms with E-state index in [1.165, 1.54) is 16.7 Å². The van der Waals surface area contributed by atoms with E-state index in [4.69, 9.17) is 67.0 Å². The Hall–Kier alpha value is -7.53. The number of piperazine rings is 3. The first-order valence-corrected chi connectivity index (χ1v) is 31.9. The second-order valence-electron chi connectivity index (χ2n) is 23.7. The summed E-state index contributed by atoms with van der Waals surface area (Å²) in [6.45, 7) is 11.6. The molecule has 9 N–H and O–H groups in total. The fourth-order valence-corrected chi connectivity index (χ4v) is 14.3. The first kappa shape index (κ1) is 61.3. The monoisotopic (exact) mass is 1260 g/mol. The number of hydrogen-bond donors (Lipinski definition) is 6. The molecule has 0 spiro atoms. The van der Waals surface area contributed by atoms with Gasteiger partial charge in [0.25, 0.3) is 0 Å². The van der Waals surface area contributed by atoms with E-state index < -0.39 is 0 Å². The number of aromatic nitrogens is 9. The van der Waals surface area contributed by atoms with Crippen LogP contribution in [0.3, 0.4) is 0 Å². The predicted octanol–water partition coefficient (Wildman–Crippen LogP) is 9.05. The van der Waals surface area contributed by atoms with Gasteiger partial charge in [-0.2, -0.15) is 0 Å². The smallest absolute Gasteiger partial charge is 0.0946 e. The standard InChI is InChI=1S/3C23H25ClN6/c3*1-29-14-27-13-20(29)21(25)19-11-15-3-2-6-28-22(15)23(30-9-7-26-8-10-30)17-5-4-16(24)12-18(17)19/h3*2-6,11-14,21,23,26H,7-10,25H2,1H3/t2*21-,23?;/m10./s1. The van der Waals surface area contributed by atoms with E-state index in [0.717, 1.165) is 163 Å². The van der Waals surface area contributed by atoms with Crippen LogP contribution in [0.4, 0.5) is 0 Å². The summed E-state index contributed by atoms with van der Waals surface area (Å²) >= 11 is 19.4. The molecule has 6 atom stereocenters. The van der Waals surface area contributed by atoms with Crippen LogP contribution in [0.5, 0.6) is 0 Å². The molecule has 4 unspecified atom stereocenters. The average Bonchev–Trinajstić information content (AvgIpc) is 1.64. The molecule has 3 fully saturated rings. The molecule has 3 aromatic carbocycles. The topological polar surface area (TPSA) is 216 Å². The number of aryl methyl sites for hydroxylation is 3. The molecule has 21 heteroatoms. The molecule has 6 aliphatic rings. The zero-order chi connectivity index (χ0) is 62.0. The van der Waals surface area contributed by atoms with Gasteiger partial charge in [0.1, 0.15) is 0 Å². The number of halogens is 3. The maximum Gasteiger partial charge on any atom is 0.0946 e. The van der Waals surface area contributed by atoms with Gasteiger partial charge in [-0.25, -0.2) is 15.0 Å². The van der Waals surface area contributed by atoms with E-state index in [1.54, 1.807) is 19.0 Å². The first-order valence-electron chi connectivity index (χ1n) is 30.8. The van der Waals surface area contributed by atoms with Gasteiger partial charge in [-0.05, 0) is 140 Å². The fraction of sp³-hybridized carbons (Fsp3) is 0.304. The van der Waals surface area contributed by atoms with Gasteiger partial charge >= 0.3 is 0 Å². The highest BCUT2D eigenvalue weighted by molar-refractivity contribution is 6.31. The minimum atomic E-state index is -0.329. The van der Waals surface area contributed by atoms with Crippen molar-refractivity contribution in [1.82, 2.24) is 74.3 Å². The summed E-state index contributed by atoms with van der Waals surface area (Å²) in [4.78, 5) is 34.8. The minimum absolute atomic E-state index is 0.0584. The lowest BCUT2D eigenvalue weighted by molar-refractivity contribution is 0.195. The number of nitrogens with zero attached hydrogens (tertiary/aromatic N) is 12. The SMILES string of the molecule is Cn1cncc1C(N)C1=Cc2cccnc2C(N2CCNCC2)c2ccc(Cl)cc21.Cn1cncc1[C@@H](N)C1=Cc2cccnc2C(N2CCNCC2)c2ccc(Cl)cc21.Cn1cncc1[C@H](N)C1=Cc2cccnc2C(N2CCNCC2)c2ccc(Cl)cc21. The summed E-state index contributed by atoms with van der Waals surface area (Å²) in [6.07, 6.45) is 23.0. The molecule has 9 aromatic rings. The summed E-state index contributed by atoms with van der Waals surface area (Å²) in [5, 5.41) is 12.5. The predicted molar refractivity (Wildman–Crippen MR) is 360 cm³/mol. The van der Waals surface area contributed by atoms with Crippen LogP contribution >= 0.6 is 34.8 Å². The number of benzene rings is 3. The van der Waals surface area contributed by atoms with Crippen molar-refractivity contribution in [3.63, 3.8) is 0 Å². The Morgan fingerprint density at radius 1 is 0.411 bits per heavy atom. The third-order valence-electron chi connectivity index (χ3n) is 18.3. The van der Waals surface area contributed by atoms with Crippen molar-refractivity contribution in [2.75, 3.05) is 78.5 Å². The van der Waals surface area contributed by atoms with Crippen molar-refractivity contribution in [1.29, 1.82) is 0 Å². The van der Waals surface area contributed by atoms with Gasteiger partial charge in [0.2, 0.25) is 0 Å². The van der Waals surface area contributed by atoms with E-state index in [-0.39, 0.29) is 36.3 Å². The van der Waals surface area contributed by atoms with Crippen molar-refractivity contribution in [3.8, 4) is 0 Å². The zero-order valence-corrected chi connectivity index (χ0v) is 53.0. The Bertz CT molecular complexity index is 3710. The minimum Gasteiger partial charge on any atom is -0.336 e. The van der Waals surface area contributed by atoms with Gasteiger partial charge < -0.3 is 46.9 Å². The average molecular weight is 1260 g/mol. The van der Waals surface area contributed by atoms with Gasteiger partial charge in [0.05, 0.1) is 108 Å². The highest BCUT2D eigenvalue weighted by Gasteiger charge is 2.37. The Labute approximate surface area is 540 Å². The van der Waals surface area contributed by atoms with Crippen molar-refractivity contribution in [2.24, 2.45) is 38.3 Å². The molecule has 0 bridgehead atoms. The highest BCUT2D eigenvalue weighted by Crippen LogP contribution is 2.47. The molecule has 0 saturated carbocycles. The van der Waals surface area contributed by atoms with Crippen LogP contribution in [0.1, 0.15) is 120 Å². The van der Waals surface area contributed by atoms with Crippen molar-refractivity contribution < 1.29 is 0 Å². The van der Waals surface area contributed by atoms with Gasteiger partial charge in [0.15, 0.2) is 0 Å². The van der Waals surface area contributed by atoms with Crippen LogP contribution in [-0.4, -0.2) is 137 Å². The quantitative estimate of drug-likeness (QED) is 0.0795. The molecule has 15 rings (SSSR count). The largest absolute Gasteiger partial charge is 0.336 e. The van der Waals surface area contributed by atoms with Crippen LogP contribution in [0.25, 0.3) is 34.9 Å². The van der Waals surface area contributed by atoms with Crippen molar-refractivity contribution >= 4 is 69.8 Å². The fourth-order valence-electron chi connectivity index (χ4n) is 13.8. The maximum absolute atomic E-state index is 6.81. The number of fused-ring (bicyclic) bond motifs is 6. The lowest BCUT2D eigenvalue weighted by Crippen LogP contribution is -2.45. The van der Waals surface area contributed by atoms with E-state index in [0.29, 0.717) is 15.1 Å². The number of rotatable bonds is 9. The normalized spacial score (nSPS) is 20.1. The zero-order valence-electron chi connectivity index (χ0n) is 50.8. The Balaban J connectivity index is 0.000000124. The second-order valence-corrected chi connectivity index (χ2v) is 25.0. The second kappa shape index (κ2) is 27.1. The summed E-state index contributed by atoms with van der Waals surface area (Å²) in [5.74, 6) is 0. The molecule has 3 aliphatic carbocycles. The van der Waals surface area contributed by atoms with Crippen LogP contribution in [0, 0.1) is 0 Å². The third kappa shape index (κ3) is 12.4. The van der Waals surface area contributed by atoms with Crippen molar-refractivity contribution in [2.45, 2.75) is 36.3 Å². The van der Waals surface area contributed by atoms with E-state index in [2.05, 4.69) is 100 Å². The van der Waals surface area contributed by atoms with Gasteiger partial charge in [-0.1, -0.05) is 71.2 Å². The number of nitrogens with one attached hydrogen (secondary N) is 3. The molecule has 3 aliphatic heterocycles. The molecule has 462 valence electrons. The van der Waals surface area contributed by atoms with E-state index in [1.807, 2.05) is 127 Å². The Kier molecular flexibility index (Phi) is 18.5. The van der Waals surface area contributed by atoms with E-state index >= 15 is 0 Å². The number of pyridine rings is 3. The molecule has 0 radical (unpaired) electrons. The molecule has 90 heavy (non-hydrogen) atoms. The van der Waals surface area contributed by atoms with Crippen molar-refractivity contribution in [3.05, 3.63) is 246 Å². The number of hydrogen-bond acceptors (Lipinski definition) is 15. The summed E-state index contributed by atoms with van der Waals surface area (Å²) in [6, 6.07) is 30.0. The van der Waals surface area contributed by atoms with E-state index in [9.17, 15) is 0 Å².